The van der Waals surface area contributed by atoms with Gasteiger partial charge in [-0.25, -0.2) is 0 Å². The molecule has 1 N–H and O–H groups in total. The van der Waals surface area contributed by atoms with Gasteiger partial charge in [-0.3, -0.25) is 9.36 Å². The number of hydrogen-bond acceptors (Lipinski definition) is 5. The van der Waals surface area contributed by atoms with Crippen molar-refractivity contribution in [3.63, 3.8) is 0 Å². The summed E-state index contributed by atoms with van der Waals surface area (Å²) < 4.78 is 7.23. The summed E-state index contributed by atoms with van der Waals surface area (Å²) in [6.45, 7) is 0. The van der Waals surface area contributed by atoms with Crippen molar-refractivity contribution < 1.29 is 9.53 Å². The fourth-order valence-electron chi connectivity index (χ4n) is 4.13. The Labute approximate surface area is 230 Å². The molecule has 0 atom stereocenters. The number of ether oxygens (including phenoxy) is 1. The molecule has 0 saturated heterocycles. The molecule has 0 spiro atoms. The van der Waals surface area contributed by atoms with Crippen LogP contribution in [0.3, 0.4) is 0 Å². The molecule has 8 heteroatoms. The number of halogens is 1. The van der Waals surface area contributed by atoms with E-state index in [1.807, 2.05) is 114 Å². The molecular formula is C30H25ClN4O2S. The average molecular weight is 541 g/mol. The fraction of sp³-hybridized carbons (Fsp3) is 0.100. The third-order valence-electron chi connectivity index (χ3n) is 5.98. The lowest BCUT2D eigenvalue weighted by atomic mass is 9.99. The Morgan fingerprint density at radius 3 is 2.08 bits per heavy atom. The van der Waals surface area contributed by atoms with Crippen LogP contribution in [0.4, 0.5) is 0 Å². The molecule has 1 amide bonds. The van der Waals surface area contributed by atoms with Gasteiger partial charge in [0.2, 0.25) is 5.91 Å². The predicted molar refractivity (Wildman–Crippen MR) is 152 cm³/mol. The molecule has 0 aliphatic heterocycles. The van der Waals surface area contributed by atoms with Crippen molar-refractivity contribution in [2.24, 2.45) is 0 Å². The van der Waals surface area contributed by atoms with E-state index in [4.69, 9.17) is 16.3 Å². The largest absolute Gasteiger partial charge is 0.497 e. The molecule has 4 aromatic carbocycles. The second-order valence-corrected chi connectivity index (χ2v) is 9.78. The van der Waals surface area contributed by atoms with E-state index < -0.39 is 0 Å². The lowest BCUT2D eigenvalue weighted by molar-refractivity contribution is -0.119. The number of hydrogen-bond donors (Lipinski definition) is 1. The van der Waals surface area contributed by atoms with Crippen LogP contribution < -0.4 is 10.1 Å². The maximum atomic E-state index is 13.2. The first kappa shape index (κ1) is 25.6. The second kappa shape index (κ2) is 12.0. The number of nitrogens with one attached hydrogen (secondary N) is 1. The summed E-state index contributed by atoms with van der Waals surface area (Å²) in [5.74, 6) is 1.38. The molecule has 1 heterocycles. The van der Waals surface area contributed by atoms with Crippen LogP contribution >= 0.6 is 23.4 Å². The zero-order valence-electron chi connectivity index (χ0n) is 20.6. The third-order valence-corrected chi connectivity index (χ3v) is 7.24. The first-order chi connectivity index (χ1) is 18.6. The first-order valence-electron chi connectivity index (χ1n) is 12.0. The first-order valence-corrected chi connectivity index (χ1v) is 13.4. The van der Waals surface area contributed by atoms with Crippen LogP contribution in [0.1, 0.15) is 17.2 Å². The molecule has 38 heavy (non-hydrogen) atoms. The average Bonchev–Trinajstić information content (AvgIpc) is 3.39. The molecule has 1 aromatic heterocycles. The van der Waals surface area contributed by atoms with E-state index in [0.717, 1.165) is 28.1 Å². The zero-order valence-corrected chi connectivity index (χ0v) is 22.2. The number of aromatic nitrogens is 3. The second-order valence-electron chi connectivity index (χ2n) is 8.43. The van der Waals surface area contributed by atoms with Crippen LogP contribution in [0.2, 0.25) is 5.02 Å². The summed E-state index contributed by atoms with van der Waals surface area (Å²) in [4.78, 5) is 13.2. The predicted octanol–water partition coefficient (Wildman–Crippen LogP) is 6.59. The summed E-state index contributed by atoms with van der Waals surface area (Å²) >= 11 is 7.82. The molecule has 190 valence electrons. The van der Waals surface area contributed by atoms with E-state index in [0.29, 0.717) is 16.0 Å². The van der Waals surface area contributed by atoms with Crippen molar-refractivity contribution in [3.8, 4) is 22.8 Å². The summed E-state index contributed by atoms with van der Waals surface area (Å²) in [5.41, 5.74) is 3.61. The Morgan fingerprint density at radius 2 is 1.47 bits per heavy atom. The van der Waals surface area contributed by atoms with Crippen molar-refractivity contribution >= 4 is 29.3 Å². The van der Waals surface area contributed by atoms with Gasteiger partial charge in [-0.1, -0.05) is 96.2 Å². The van der Waals surface area contributed by atoms with Gasteiger partial charge in [0.15, 0.2) is 11.0 Å². The Hall–Kier alpha value is -4.07. The maximum Gasteiger partial charge on any atom is 0.231 e. The van der Waals surface area contributed by atoms with Gasteiger partial charge in [0.05, 0.1) is 23.9 Å². The number of amides is 1. The standard InChI is InChI=1S/C30H25ClN4O2S/c1-37-24-18-16-23(17-19-24)35-29(25-14-8-9-15-26(25)31)33-34-30(35)38-20-27(36)32-28(21-10-4-2-5-11-21)22-12-6-3-7-13-22/h2-19,28H,20H2,1H3,(H,32,36). The molecule has 0 saturated carbocycles. The third kappa shape index (κ3) is 5.74. The number of nitrogens with zero attached hydrogens (tertiary/aromatic N) is 3. The normalized spacial score (nSPS) is 10.9. The van der Waals surface area contributed by atoms with Gasteiger partial charge in [-0.15, -0.1) is 10.2 Å². The smallest absolute Gasteiger partial charge is 0.231 e. The summed E-state index contributed by atoms with van der Waals surface area (Å²) in [7, 11) is 1.63. The van der Waals surface area contributed by atoms with Crippen molar-refractivity contribution in [1.82, 2.24) is 20.1 Å². The van der Waals surface area contributed by atoms with Crippen molar-refractivity contribution in [2.75, 3.05) is 12.9 Å². The van der Waals surface area contributed by atoms with Gasteiger partial charge in [0, 0.05) is 11.3 Å². The molecule has 0 aliphatic carbocycles. The quantitative estimate of drug-likeness (QED) is 0.213. The van der Waals surface area contributed by atoms with E-state index in [-0.39, 0.29) is 17.7 Å². The summed E-state index contributed by atoms with van der Waals surface area (Å²) in [5, 5.41) is 13.2. The molecule has 5 rings (SSSR count). The molecule has 6 nitrogen and oxygen atoms in total. The van der Waals surface area contributed by atoms with Crippen LogP contribution in [-0.4, -0.2) is 33.5 Å². The highest BCUT2D eigenvalue weighted by Crippen LogP contribution is 2.32. The maximum absolute atomic E-state index is 13.2. The van der Waals surface area contributed by atoms with E-state index in [1.165, 1.54) is 11.8 Å². The highest BCUT2D eigenvalue weighted by Gasteiger charge is 2.21. The minimum absolute atomic E-state index is 0.115. The minimum Gasteiger partial charge on any atom is -0.497 e. The van der Waals surface area contributed by atoms with E-state index in [1.54, 1.807) is 7.11 Å². The number of carbonyl (C=O) groups is 1. The van der Waals surface area contributed by atoms with Crippen LogP contribution in [0.15, 0.2) is 114 Å². The number of benzene rings is 4. The van der Waals surface area contributed by atoms with E-state index in [9.17, 15) is 4.79 Å². The van der Waals surface area contributed by atoms with Gasteiger partial charge in [-0.05, 0) is 47.5 Å². The monoisotopic (exact) mass is 540 g/mol. The van der Waals surface area contributed by atoms with Gasteiger partial charge in [0.1, 0.15) is 5.75 Å². The highest BCUT2D eigenvalue weighted by molar-refractivity contribution is 7.99. The van der Waals surface area contributed by atoms with Crippen LogP contribution in [0.25, 0.3) is 17.1 Å². The molecule has 0 aliphatic rings. The summed E-state index contributed by atoms with van der Waals surface area (Å²) in [6.07, 6.45) is 0. The lowest BCUT2D eigenvalue weighted by Crippen LogP contribution is -2.30. The van der Waals surface area contributed by atoms with Crippen molar-refractivity contribution in [3.05, 3.63) is 125 Å². The summed E-state index contributed by atoms with van der Waals surface area (Å²) in [6, 6.07) is 34.7. The van der Waals surface area contributed by atoms with Crippen LogP contribution in [0.5, 0.6) is 5.75 Å². The molecule has 5 aromatic rings. The highest BCUT2D eigenvalue weighted by atomic mass is 35.5. The minimum atomic E-state index is -0.261. The van der Waals surface area contributed by atoms with E-state index >= 15 is 0 Å². The Bertz CT molecular complexity index is 1470. The molecule has 0 fully saturated rings. The topological polar surface area (TPSA) is 69.0 Å². The van der Waals surface area contributed by atoms with Gasteiger partial charge >= 0.3 is 0 Å². The fourth-order valence-corrected chi connectivity index (χ4v) is 5.11. The van der Waals surface area contributed by atoms with Crippen molar-refractivity contribution in [2.45, 2.75) is 11.2 Å². The molecular weight excluding hydrogens is 516 g/mol. The lowest BCUT2D eigenvalue weighted by Gasteiger charge is -2.20. The number of rotatable bonds is 9. The number of carbonyl (C=O) groups excluding carboxylic acids is 1. The molecule has 0 unspecified atom stereocenters. The zero-order chi connectivity index (χ0) is 26.3. The Kier molecular flexibility index (Phi) is 8.06. The number of methoxy groups -OCH3 is 1. The SMILES string of the molecule is COc1ccc(-n2c(SCC(=O)NC(c3ccccc3)c3ccccc3)nnc2-c2ccccc2Cl)cc1. The van der Waals surface area contributed by atoms with Gasteiger partial charge < -0.3 is 10.1 Å². The Balaban J connectivity index is 1.41. The Morgan fingerprint density at radius 1 is 0.868 bits per heavy atom. The van der Waals surface area contributed by atoms with Crippen LogP contribution in [-0.2, 0) is 4.79 Å². The van der Waals surface area contributed by atoms with E-state index in [2.05, 4.69) is 15.5 Å². The van der Waals surface area contributed by atoms with Crippen LogP contribution in [0, 0.1) is 0 Å². The molecule has 0 bridgehead atoms. The molecule has 0 radical (unpaired) electrons. The van der Waals surface area contributed by atoms with Gasteiger partial charge in [-0.2, -0.15) is 0 Å². The van der Waals surface area contributed by atoms with Gasteiger partial charge in [0.25, 0.3) is 0 Å². The number of thioether (sulfide) groups is 1. The van der Waals surface area contributed by atoms with Crippen molar-refractivity contribution in [1.29, 1.82) is 0 Å².